The van der Waals surface area contributed by atoms with Gasteiger partial charge in [-0.2, -0.15) is 0 Å². The molecular formula is C12H27NO2S. The molecule has 0 fully saturated rings. The number of hydrogen-bond acceptors (Lipinski definition) is 3. The molecule has 0 rings (SSSR count). The summed E-state index contributed by atoms with van der Waals surface area (Å²) in [6, 6.07) is 0.315. The highest BCUT2D eigenvalue weighted by molar-refractivity contribution is 7.90. The average molecular weight is 249 g/mol. The molecular weight excluding hydrogens is 222 g/mol. The van der Waals surface area contributed by atoms with Gasteiger partial charge in [-0.15, -0.1) is 0 Å². The normalized spacial score (nSPS) is 16.4. The standard InChI is InChI=1S/C12H27NO2S/c1-6-8-13-12(11(4)10(2)3)7-9-16(5,14)15/h10-13H,6-9H2,1-5H3. The smallest absolute Gasteiger partial charge is 0.147 e. The summed E-state index contributed by atoms with van der Waals surface area (Å²) in [5.41, 5.74) is 0. The monoisotopic (exact) mass is 249 g/mol. The van der Waals surface area contributed by atoms with Gasteiger partial charge in [0, 0.05) is 12.3 Å². The van der Waals surface area contributed by atoms with E-state index in [1.807, 2.05) is 0 Å². The lowest BCUT2D eigenvalue weighted by molar-refractivity contribution is 0.293. The highest BCUT2D eigenvalue weighted by Crippen LogP contribution is 2.17. The molecule has 1 N–H and O–H groups in total. The van der Waals surface area contributed by atoms with Gasteiger partial charge in [0.25, 0.3) is 0 Å². The number of nitrogens with one attached hydrogen (secondary N) is 1. The van der Waals surface area contributed by atoms with Crippen molar-refractivity contribution >= 4 is 9.84 Å². The van der Waals surface area contributed by atoms with Crippen LogP contribution in [0.3, 0.4) is 0 Å². The van der Waals surface area contributed by atoms with Crippen molar-refractivity contribution in [2.24, 2.45) is 11.8 Å². The second kappa shape index (κ2) is 7.28. The van der Waals surface area contributed by atoms with Crippen molar-refractivity contribution < 1.29 is 8.42 Å². The lowest BCUT2D eigenvalue weighted by Crippen LogP contribution is -2.39. The molecule has 0 saturated heterocycles. The molecule has 0 aliphatic heterocycles. The Hall–Kier alpha value is -0.0900. The van der Waals surface area contributed by atoms with E-state index in [9.17, 15) is 8.42 Å². The van der Waals surface area contributed by atoms with E-state index in [0.717, 1.165) is 19.4 Å². The van der Waals surface area contributed by atoms with Gasteiger partial charge in [0.1, 0.15) is 9.84 Å². The minimum atomic E-state index is -2.84. The highest BCUT2D eigenvalue weighted by atomic mass is 32.2. The summed E-state index contributed by atoms with van der Waals surface area (Å²) < 4.78 is 22.3. The third-order valence-corrected chi connectivity index (χ3v) is 4.12. The SMILES string of the molecule is CCCNC(CCS(C)(=O)=O)C(C)C(C)C. The largest absolute Gasteiger partial charge is 0.314 e. The van der Waals surface area contributed by atoms with Crippen LogP contribution in [0.15, 0.2) is 0 Å². The Morgan fingerprint density at radius 3 is 2.12 bits per heavy atom. The van der Waals surface area contributed by atoms with Crippen molar-refractivity contribution in [2.45, 2.75) is 46.6 Å². The Bertz CT molecular complexity index is 273. The Balaban J connectivity index is 4.31. The van der Waals surface area contributed by atoms with Gasteiger partial charge in [-0.1, -0.05) is 27.7 Å². The van der Waals surface area contributed by atoms with Crippen LogP contribution in [0, 0.1) is 11.8 Å². The molecule has 16 heavy (non-hydrogen) atoms. The molecule has 3 nitrogen and oxygen atoms in total. The Labute approximate surface area is 101 Å². The molecule has 0 aliphatic rings. The first-order valence-corrected chi connectivity index (χ1v) is 8.25. The molecule has 0 heterocycles. The predicted octanol–water partition coefficient (Wildman–Crippen LogP) is 2.08. The van der Waals surface area contributed by atoms with Gasteiger partial charge in [-0.05, 0) is 31.2 Å². The molecule has 4 heteroatoms. The number of rotatable bonds is 8. The summed E-state index contributed by atoms with van der Waals surface area (Å²) in [7, 11) is -2.84. The van der Waals surface area contributed by atoms with E-state index >= 15 is 0 Å². The van der Waals surface area contributed by atoms with E-state index in [1.54, 1.807) is 0 Å². The molecule has 0 aromatic rings. The van der Waals surface area contributed by atoms with Crippen LogP contribution in [0.4, 0.5) is 0 Å². The maximum atomic E-state index is 11.2. The van der Waals surface area contributed by atoms with E-state index in [0.29, 0.717) is 17.9 Å². The van der Waals surface area contributed by atoms with Gasteiger partial charge in [0.15, 0.2) is 0 Å². The molecule has 0 bridgehead atoms. The second-order valence-electron chi connectivity index (χ2n) is 5.08. The van der Waals surface area contributed by atoms with Crippen LogP contribution < -0.4 is 5.32 Å². The molecule has 0 radical (unpaired) electrons. The molecule has 0 amide bonds. The van der Waals surface area contributed by atoms with E-state index in [1.165, 1.54) is 6.26 Å². The van der Waals surface area contributed by atoms with Crippen LogP contribution in [0.2, 0.25) is 0 Å². The third kappa shape index (κ3) is 7.23. The Kier molecular flexibility index (Phi) is 7.24. The lowest BCUT2D eigenvalue weighted by Gasteiger charge is -2.28. The van der Waals surface area contributed by atoms with Gasteiger partial charge >= 0.3 is 0 Å². The molecule has 0 spiro atoms. The molecule has 0 aliphatic carbocycles. The lowest BCUT2D eigenvalue weighted by atomic mass is 9.89. The van der Waals surface area contributed by atoms with E-state index in [2.05, 4.69) is 33.0 Å². The van der Waals surface area contributed by atoms with Crippen LogP contribution in [0.25, 0.3) is 0 Å². The minimum absolute atomic E-state index is 0.283. The van der Waals surface area contributed by atoms with Crippen molar-refractivity contribution in [2.75, 3.05) is 18.6 Å². The summed E-state index contributed by atoms with van der Waals surface area (Å²) in [5.74, 6) is 1.37. The van der Waals surface area contributed by atoms with Crippen LogP contribution in [-0.4, -0.2) is 33.0 Å². The van der Waals surface area contributed by atoms with E-state index < -0.39 is 9.84 Å². The zero-order valence-corrected chi connectivity index (χ0v) is 12.1. The predicted molar refractivity (Wildman–Crippen MR) is 70.4 cm³/mol. The molecule has 2 atom stereocenters. The van der Waals surface area contributed by atoms with Gasteiger partial charge in [-0.25, -0.2) is 8.42 Å². The molecule has 98 valence electrons. The van der Waals surface area contributed by atoms with E-state index in [4.69, 9.17) is 0 Å². The van der Waals surface area contributed by atoms with E-state index in [-0.39, 0.29) is 5.75 Å². The van der Waals surface area contributed by atoms with Gasteiger partial charge < -0.3 is 5.32 Å². The maximum absolute atomic E-state index is 11.2. The summed E-state index contributed by atoms with van der Waals surface area (Å²) in [5, 5.41) is 3.46. The molecule has 0 saturated carbocycles. The summed E-state index contributed by atoms with van der Waals surface area (Å²) in [6.45, 7) is 9.66. The Morgan fingerprint density at radius 1 is 1.19 bits per heavy atom. The van der Waals surface area contributed by atoms with Gasteiger partial charge in [0.05, 0.1) is 5.75 Å². The fourth-order valence-electron chi connectivity index (χ4n) is 1.69. The van der Waals surface area contributed by atoms with Gasteiger partial charge in [0.2, 0.25) is 0 Å². The second-order valence-corrected chi connectivity index (χ2v) is 7.34. The van der Waals surface area contributed by atoms with Crippen molar-refractivity contribution in [3.05, 3.63) is 0 Å². The summed E-state index contributed by atoms with van der Waals surface area (Å²) in [4.78, 5) is 0. The quantitative estimate of drug-likeness (QED) is 0.716. The van der Waals surface area contributed by atoms with Crippen molar-refractivity contribution in [1.82, 2.24) is 5.32 Å². The average Bonchev–Trinajstić information content (AvgIpc) is 2.15. The first-order chi connectivity index (χ1) is 7.28. The molecule has 0 aromatic heterocycles. The fraction of sp³-hybridized carbons (Fsp3) is 1.00. The number of hydrogen-bond donors (Lipinski definition) is 1. The van der Waals surface area contributed by atoms with Crippen molar-refractivity contribution in [3.63, 3.8) is 0 Å². The topological polar surface area (TPSA) is 46.2 Å². The van der Waals surface area contributed by atoms with Crippen LogP contribution >= 0.6 is 0 Å². The van der Waals surface area contributed by atoms with Crippen molar-refractivity contribution in [3.8, 4) is 0 Å². The Morgan fingerprint density at radius 2 is 1.75 bits per heavy atom. The zero-order chi connectivity index (χ0) is 12.8. The maximum Gasteiger partial charge on any atom is 0.147 e. The van der Waals surface area contributed by atoms with Crippen LogP contribution in [0.1, 0.15) is 40.5 Å². The molecule has 2 unspecified atom stereocenters. The minimum Gasteiger partial charge on any atom is -0.314 e. The summed E-state index contributed by atoms with van der Waals surface area (Å²) >= 11 is 0. The zero-order valence-electron chi connectivity index (χ0n) is 11.3. The van der Waals surface area contributed by atoms with Gasteiger partial charge in [-0.3, -0.25) is 0 Å². The highest BCUT2D eigenvalue weighted by Gasteiger charge is 2.20. The molecule has 0 aromatic carbocycles. The van der Waals surface area contributed by atoms with Crippen LogP contribution in [0.5, 0.6) is 0 Å². The van der Waals surface area contributed by atoms with Crippen LogP contribution in [-0.2, 0) is 9.84 Å². The van der Waals surface area contributed by atoms with Crippen molar-refractivity contribution in [1.29, 1.82) is 0 Å². The first kappa shape index (κ1) is 15.9. The fourth-order valence-corrected chi connectivity index (χ4v) is 2.37. The first-order valence-electron chi connectivity index (χ1n) is 6.19. The number of sulfone groups is 1. The summed E-state index contributed by atoms with van der Waals surface area (Å²) in [6.07, 6.45) is 3.11. The third-order valence-electron chi connectivity index (χ3n) is 3.14.